The average Bonchev–Trinajstić information content (AvgIpc) is 2.62. The maximum absolute atomic E-state index is 12.2. The molecule has 1 N–H and O–H groups in total. The van der Waals surface area contributed by atoms with E-state index >= 15 is 0 Å². The van der Waals surface area contributed by atoms with Crippen molar-refractivity contribution in [3.63, 3.8) is 0 Å². The van der Waals surface area contributed by atoms with Gasteiger partial charge in [-0.25, -0.2) is 9.97 Å². The van der Waals surface area contributed by atoms with Crippen LogP contribution in [0, 0.1) is 0 Å². The van der Waals surface area contributed by atoms with Gasteiger partial charge in [-0.3, -0.25) is 4.79 Å². The van der Waals surface area contributed by atoms with Crippen LogP contribution in [-0.4, -0.2) is 23.0 Å². The average molecular weight is 372 g/mol. The van der Waals surface area contributed by atoms with Gasteiger partial charge in [0, 0.05) is 11.3 Å². The van der Waals surface area contributed by atoms with E-state index in [0.717, 1.165) is 73.3 Å². The third-order valence-electron chi connectivity index (χ3n) is 5.64. The number of esters is 1. The van der Waals surface area contributed by atoms with E-state index in [1.54, 1.807) is 0 Å². The zero-order valence-electron chi connectivity index (χ0n) is 14.8. The first-order chi connectivity index (χ1) is 12.6. The highest BCUT2D eigenvalue weighted by Gasteiger charge is 2.46. The van der Waals surface area contributed by atoms with Crippen LogP contribution in [0.3, 0.4) is 0 Å². The fraction of sp³-hybridized carbons (Fsp3) is 0.450. The number of hydrogen-bond donors (Lipinski definition) is 1. The third kappa shape index (κ3) is 2.94. The van der Waals surface area contributed by atoms with Crippen molar-refractivity contribution in [1.82, 2.24) is 9.97 Å². The Morgan fingerprint density at radius 1 is 1.12 bits per heavy atom. The van der Waals surface area contributed by atoms with Gasteiger partial charge in [0.1, 0.15) is 5.82 Å². The normalized spacial score (nSPS) is 17.8. The van der Waals surface area contributed by atoms with Gasteiger partial charge >= 0.3 is 5.97 Å². The van der Waals surface area contributed by atoms with E-state index in [4.69, 9.17) is 16.3 Å². The molecule has 0 unspecified atom stereocenters. The molecular formula is C20H22ClN3O2. The van der Waals surface area contributed by atoms with Crippen LogP contribution >= 0.6 is 11.6 Å². The Bertz CT molecular complexity index is 832. The number of carbonyl (C=O) groups is 1. The minimum Gasteiger partial charge on any atom is -0.468 e. The van der Waals surface area contributed by atoms with E-state index in [1.807, 2.05) is 24.3 Å². The van der Waals surface area contributed by atoms with Crippen molar-refractivity contribution in [1.29, 1.82) is 0 Å². The molecule has 1 saturated carbocycles. The van der Waals surface area contributed by atoms with Crippen LogP contribution in [0.4, 0.5) is 11.5 Å². The lowest BCUT2D eigenvalue weighted by atomic mass is 9.64. The van der Waals surface area contributed by atoms with Crippen molar-refractivity contribution >= 4 is 29.1 Å². The smallest absolute Gasteiger partial charge is 0.316 e. The molecule has 136 valence electrons. The summed E-state index contributed by atoms with van der Waals surface area (Å²) in [5, 5.41) is 3.66. The fourth-order valence-electron chi connectivity index (χ4n) is 4.01. The summed E-state index contributed by atoms with van der Waals surface area (Å²) in [5.41, 5.74) is 3.69. The number of aromatic nitrogens is 2. The molecule has 1 heterocycles. The Balaban J connectivity index is 1.59. The molecule has 2 aliphatic carbocycles. The molecule has 0 spiro atoms. The van der Waals surface area contributed by atoms with Gasteiger partial charge in [-0.2, -0.15) is 0 Å². The standard InChI is InChI=1S/C20H22ClN3O2/c1-26-18(25)20(11-4-12-20)13-7-9-14(10-8-13)22-17-15-5-2-3-6-16(15)23-19(21)24-17/h7-10H,2-6,11-12H2,1H3,(H,22,23,24). The molecule has 26 heavy (non-hydrogen) atoms. The van der Waals surface area contributed by atoms with Crippen molar-refractivity contribution in [3.8, 4) is 0 Å². The van der Waals surface area contributed by atoms with Crippen molar-refractivity contribution in [3.05, 3.63) is 46.4 Å². The number of carbonyl (C=O) groups excluding carboxylic acids is 1. The topological polar surface area (TPSA) is 64.1 Å². The second kappa shape index (κ2) is 6.88. The summed E-state index contributed by atoms with van der Waals surface area (Å²) in [7, 11) is 1.46. The van der Waals surface area contributed by atoms with Crippen molar-refractivity contribution in [2.45, 2.75) is 50.4 Å². The number of benzene rings is 1. The lowest BCUT2D eigenvalue weighted by Crippen LogP contribution is -2.43. The van der Waals surface area contributed by atoms with Crippen LogP contribution < -0.4 is 5.32 Å². The van der Waals surface area contributed by atoms with Crippen LogP contribution in [0.5, 0.6) is 0 Å². The zero-order valence-corrected chi connectivity index (χ0v) is 15.6. The SMILES string of the molecule is COC(=O)C1(c2ccc(Nc3nc(Cl)nc4c3CCCC4)cc2)CCC1. The Kier molecular flexibility index (Phi) is 4.57. The summed E-state index contributed by atoms with van der Waals surface area (Å²) in [6, 6.07) is 7.99. The van der Waals surface area contributed by atoms with Crippen LogP contribution in [-0.2, 0) is 27.8 Å². The van der Waals surface area contributed by atoms with Crippen LogP contribution in [0.1, 0.15) is 48.9 Å². The van der Waals surface area contributed by atoms with Gasteiger partial charge < -0.3 is 10.1 Å². The first-order valence-corrected chi connectivity index (χ1v) is 9.51. The number of aryl methyl sites for hydroxylation is 1. The molecular weight excluding hydrogens is 350 g/mol. The van der Waals surface area contributed by atoms with Crippen molar-refractivity contribution in [2.75, 3.05) is 12.4 Å². The predicted molar refractivity (Wildman–Crippen MR) is 101 cm³/mol. The fourth-order valence-corrected chi connectivity index (χ4v) is 4.20. The molecule has 1 aromatic heterocycles. The van der Waals surface area contributed by atoms with E-state index in [1.165, 1.54) is 7.11 Å². The lowest BCUT2D eigenvalue weighted by molar-refractivity contribution is -0.151. The molecule has 0 amide bonds. The van der Waals surface area contributed by atoms with Gasteiger partial charge in [-0.15, -0.1) is 0 Å². The Morgan fingerprint density at radius 2 is 1.85 bits per heavy atom. The maximum Gasteiger partial charge on any atom is 0.316 e. The van der Waals surface area contributed by atoms with E-state index < -0.39 is 5.41 Å². The summed E-state index contributed by atoms with van der Waals surface area (Å²) in [4.78, 5) is 21.0. The van der Waals surface area contributed by atoms with Gasteiger partial charge in [0.2, 0.25) is 5.28 Å². The molecule has 2 aliphatic rings. The summed E-state index contributed by atoms with van der Waals surface area (Å²) in [6.45, 7) is 0. The van der Waals surface area contributed by atoms with E-state index in [9.17, 15) is 4.79 Å². The first-order valence-electron chi connectivity index (χ1n) is 9.14. The van der Waals surface area contributed by atoms with Gasteiger partial charge in [-0.05, 0) is 67.8 Å². The summed E-state index contributed by atoms with van der Waals surface area (Å²) in [6.07, 6.45) is 6.96. The lowest BCUT2D eigenvalue weighted by Gasteiger charge is -2.39. The number of nitrogens with zero attached hydrogens (tertiary/aromatic N) is 2. The summed E-state index contributed by atoms with van der Waals surface area (Å²) in [5.74, 6) is 0.653. The van der Waals surface area contributed by atoms with Crippen LogP contribution in [0.15, 0.2) is 24.3 Å². The summed E-state index contributed by atoms with van der Waals surface area (Å²) < 4.78 is 5.03. The highest BCUT2D eigenvalue weighted by atomic mass is 35.5. The molecule has 6 heteroatoms. The van der Waals surface area contributed by atoms with Gasteiger partial charge in [0.05, 0.1) is 18.2 Å². The molecule has 4 rings (SSSR count). The van der Waals surface area contributed by atoms with E-state index in [0.29, 0.717) is 0 Å². The zero-order chi connectivity index (χ0) is 18.1. The predicted octanol–water partition coefficient (Wildman–Crippen LogP) is 4.35. The quantitative estimate of drug-likeness (QED) is 0.639. The minimum atomic E-state index is -0.468. The molecule has 5 nitrogen and oxygen atoms in total. The molecule has 0 atom stereocenters. The number of fused-ring (bicyclic) bond motifs is 1. The van der Waals surface area contributed by atoms with Crippen LogP contribution in [0.2, 0.25) is 5.28 Å². The number of hydrogen-bond acceptors (Lipinski definition) is 5. The molecule has 0 saturated heterocycles. The maximum atomic E-state index is 12.2. The highest BCUT2D eigenvalue weighted by molar-refractivity contribution is 6.28. The number of ether oxygens (including phenoxy) is 1. The van der Waals surface area contributed by atoms with E-state index in [-0.39, 0.29) is 11.3 Å². The van der Waals surface area contributed by atoms with Gasteiger partial charge in [-0.1, -0.05) is 18.6 Å². The molecule has 1 aromatic carbocycles. The highest BCUT2D eigenvalue weighted by Crippen LogP contribution is 2.45. The number of rotatable bonds is 4. The number of anilines is 2. The first kappa shape index (κ1) is 17.3. The molecule has 2 aromatic rings. The Labute approximate surface area is 158 Å². The molecule has 0 aliphatic heterocycles. The Hall–Kier alpha value is -2.14. The second-order valence-corrected chi connectivity index (χ2v) is 7.44. The summed E-state index contributed by atoms with van der Waals surface area (Å²) >= 11 is 6.10. The minimum absolute atomic E-state index is 0.138. The Morgan fingerprint density at radius 3 is 2.50 bits per heavy atom. The molecule has 0 radical (unpaired) electrons. The van der Waals surface area contributed by atoms with Crippen molar-refractivity contribution < 1.29 is 9.53 Å². The number of nitrogens with one attached hydrogen (secondary N) is 1. The number of methoxy groups -OCH3 is 1. The third-order valence-corrected chi connectivity index (χ3v) is 5.81. The van der Waals surface area contributed by atoms with Gasteiger partial charge in [0.25, 0.3) is 0 Å². The molecule has 1 fully saturated rings. The van der Waals surface area contributed by atoms with Crippen molar-refractivity contribution in [2.24, 2.45) is 0 Å². The number of halogens is 1. The van der Waals surface area contributed by atoms with Gasteiger partial charge in [0.15, 0.2) is 0 Å². The van der Waals surface area contributed by atoms with E-state index in [2.05, 4.69) is 15.3 Å². The largest absolute Gasteiger partial charge is 0.468 e. The second-order valence-electron chi connectivity index (χ2n) is 7.10. The van der Waals surface area contributed by atoms with Crippen LogP contribution in [0.25, 0.3) is 0 Å². The monoisotopic (exact) mass is 371 g/mol. The molecule has 0 bridgehead atoms.